The summed E-state index contributed by atoms with van der Waals surface area (Å²) >= 11 is 0. The Bertz CT molecular complexity index is 291. The third-order valence-corrected chi connectivity index (χ3v) is 2.28. The van der Waals surface area contributed by atoms with E-state index in [9.17, 15) is 0 Å². The predicted molar refractivity (Wildman–Crippen MR) is 64.5 cm³/mol. The lowest BCUT2D eigenvalue weighted by atomic mass is 10.4. The highest BCUT2D eigenvalue weighted by Crippen LogP contribution is 1.94. The van der Waals surface area contributed by atoms with E-state index in [1.54, 1.807) is 4.68 Å². The van der Waals surface area contributed by atoms with Crippen molar-refractivity contribution >= 4 is 0 Å². The lowest BCUT2D eigenvalue weighted by molar-refractivity contribution is 0.144. The molecule has 6 nitrogen and oxygen atoms in total. The molecule has 0 bridgehead atoms. The summed E-state index contributed by atoms with van der Waals surface area (Å²) in [5.41, 5.74) is 0.930. The van der Waals surface area contributed by atoms with Gasteiger partial charge >= 0.3 is 0 Å². The zero-order valence-corrected chi connectivity index (χ0v) is 10.4. The Morgan fingerprint density at radius 1 is 1.47 bits per heavy atom. The predicted octanol–water partition coefficient (Wildman–Crippen LogP) is 0.177. The summed E-state index contributed by atoms with van der Waals surface area (Å²) < 4.78 is 7.00. The zero-order chi connectivity index (χ0) is 12.3. The van der Waals surface area contributed by atoms with Gasteiger partial charge in [0.1, 0.15) is 0 Å². The average Bonchev–Trinajstić information content (AvgIpc) is 2.79. The van der Waals surface area contributed by atoms with Crippen LogP contribution in [0.1, 0.15) is 25.5 Å². The topological polar surface area (TPSA) is 72.2 Å². The Labute approximate surface area is 102 Å². The Kier molecular flexibility index (Phi) is 7.53. The van der Waals surface area contributed by atoms with Gasteiger partial charge in [0.2, 0.25) is 0 Å². The molecular weight excluding hydrogens is 220 g/mol. The lowest BCUT2D eigenvalue weighted by Gasteiger charge is -2.02. The van der Waals surface area contributed by atoms with E-state index in [2.05, 4.69) is 15.6 Å². The maximum absolute atomic E-state index is 8.69. The van der Waals surface area contributed by atoms with Gasteiger partial charge in [-0.2, -0.15) is 0 Å². The summed E-state index contributed by atoms with van der Waals surface area (Å²) in [7, 11) is 0. The van der Waals surface area contributed by atoms with Gasteiger partial charge in [-0.1, -0.05) is 5.21 Å². The first-order valence-corrected chi connectivity index (χ1v) is 6.15. The van der Waals surface area contributed by atoms with E-state index in [1.807, 2.05) is 13.1 Å². The molecule has 2 N–H and O–H groups in total. The van der Waals surface area contributed by atoms with Crippen LogP contribution in [0.4, 0.5) is 0 Å². The van der Waals surface area contributed by atoms with E-state index >= 15 is 0 Å². The van der Waals surface area contributed by atoms with Gasteiger partial charge in [0.05, 0.1) is 5.69 Å². The Morgan fingerprint density at radius 2 is 2.35 bits per heavy atom. The van der Waals surface area contributed by atoms with Crippen molar-refractivity contribution in [1.29, 1.82) is 0 Å². The third kappa shape index (κ3) is 6.35. The summed E-state index contributed by atoms with van der Waals surface area (Å²) in [5, 5.41) is 20.0. The van der Waals surface area contributed by atoms with Gasteiger partial charge in [0, 0.05) is 39.1 Å². The summed E-state index contributed by atoms with van der Waals surface area (Å²) in [6.45, 7) is 6.12. The van der Waals surface area contributed by atoms with Crippen LogP contribution in [0.25, 0.3) is 0 Å². The normalized spacial score (nSPS) is 10.9. The van der Waals surface area contributed by atoms with Crippen LogP contribution in [-0.4, -0.2) is 46.5 Å². The minimum atomic E-state index is 0.185. The lowest BCUT2D eigenvalue weighted by Crippen LogP contribution is -2.16. The SMILES string of the molecule is CCOCCCNCc1cn(CCCO)nn1. The quantitative estimate of drug-likeness (QED) is 0.573. The number of nitrogens with one attached hydrogen (secondary N) is 1. The molecule has 0 amide bonds. The van der Waals surface area contributed by atoms with E-state index in [0.29, 0.717) is 13.0 Å². The molecule has 1 rings (SSSR count). The first-order chi connectivity index (χ1) is 8.36. The van der Waals surface area contributed by atoms with E-state index in [4.69, 9.17) is 9.84 Å². The van der Waals surface area contributed by atoms with Crippen molar-refractivity contribution in [1.82, 2.24) is 20.3 Å². The second kappa shape index (κ2) is 9.09. The fourth-order valence-electron chi connectivity index (χ4n) is 1.42. The number of rotatable bonds is 10. The van der Waals surface area contributed by atoms with Gasteiger partial charge in [-0.25, -0.2) is 0 Å². The molecule has 0 atom stereocenters. The molecule has 0 saturated heterocycles. The minimum Gasteiger partial charge on any atom is -0.396 e. The molecule has 98 valence electrons. The Hall–Kier alpha value is -0.980. The standard InChI is InChI=1S/C11H22N4O2/c1-2-17-8-3-5-12-9-11-10-15(14-13-11)6-4-7-16/h10,12,16H,2-9H2,1H3. The van der Waals surface area contributed by atoms with Crippen LogP contribution in [0, 0.1) is 0 Å². The van der Waals surface area contributed by atoms with Crippen LogP contribution in [0.3, 0.4) is 0 Å². The van der Waals surface area contributed by atoms with E-state index in [1.165, 1.54) is 0 Å². The molecule has 0 unspecified atom stereocenters. The average molecular weight is 242 g/mol. The molecule has 0 saturated carbocycles. The van der Waals surface area contributed by atoms with Crippen LogP contribution in [0.2, 0.25) is 0 Å². The monoisotopic (exact) mass is 242 g/mol. The van der Waals surface area contributed by atoms with Gasteiger partial charge < -0.3 is 15.2 Å². The van der Waals surface area contributed by atoms with Crippen molar-refractivity contribution in [3.63, 3.8) is 0 Å². The van der Waals surface area contributed by atoms with Crippen LogP contribution in [-0.2, 0) is 17.8 Å². The molecule has 17 heavy (non-hydrogen) atoms. The molecule has 1 aromatic rings. The number of hydrogen-bond donors (Lipinski definition) is 2. The maximum Gasteiger partial charge on any atom is 0.0964 e. The Balaban J connectivity index is 2.08. The number of aromatic nitrogens is 3. The number of nitrogens with zero attached hydrogens (tertiary/aromatic N) is 3. The van der Waals surface area contributed by atoms with Gasteiger partial charge in [-0.05, 0) is 26.3 Å². The van der Waals surface area contributed by atoms with Crippen LogP contribution in [0.5, 0.6) is 0 Å². The molecule has 1 heterocycles. The largest absolute Gasteiger partial charge is 0.396 e. The van der Waals surface area contributed by atoms with Crippen LogP contribution < -0.4 is 5.32 Å². The van der Waals surface area contributed by atoms with Crippen molar-refractivity contribution in [3.8, 4) is 0 Å². The summed E-state index contributed by atoms with van der Waals surface area (Å²) in [6, 6.07) is 0. The van der Waals surface area contributed by atoms with Crippen molar-refractivity contribution in [2.75, 3.05) is 26.4 Å². The van der Waals surface area contributed by atoms with Gasteiger partial charge in [0.25, 0.3) is 0 Å². The van der Waals surface area contributed by atoms with Gasteiger partial charge in [-0.3, -0.25) is 4.68 Å². The van der Waals surface area contributed by atoms with Crippen molar-refractivity contribution in [2.45, 2.75) is 32.9 Å². The van der Waals surface area contributed by atoms with Crippen molar-refractivity contribution < 1.29 is 9.84 Å². The van der Waals surface area contributed by atoms with Crippen molar-refractivity contribution in [2.24, 2.45) is 0 Å². The number of aliphatic hydroxyl groups excluding tert-OH is 1. The highest BCUT2D eigenvalue weighted by molar-refractivity contribution is 4.91. The second-order valence-electron chi connectivity index (χ2n) is 3.78. The second-order valence-corrected chi connectivity index (χ2v) is 3.78. The molecule has 6 heteroatoms. The van der Waals surface area contributed by atoms with Crippen LogP contribution >= 0.6 is 0 Å². The first-order valence-electron chi connectivity index (χ1n) is 6.15. The van der Waals surface area contributed by atoms with Gasteiger partial charge in [0.15, 0.2) is 0 Å². The maximum atomic E-state index is 8.69. The first kappa shape index (κ1) is 14.1. The summed E-state index contributed by atoms with van der Waals surface area (Å²) in [6.07, 6.45) is 3.63. The number of ether oxygens (including phenoxy) is 1. The van der Waals surface area contributed by atoms with Crippen LogP contribution in [0.15, 0.2) is 6.20 Å². The molecule has 0 radical (unpaired) electrons. The molecular formula is C11H22N4O2. The number of aliphatic hydroxyl groups is 1. The number of aryl methyl sites for hydroxylation is 1. The fourth-order valence-corrected chi connectivity index (χ4v) is 1.42. The van der Waals surface area contributed by atoms with Gasteiger partial charge in [-0.15, -0.1) is 5.10 Å². The highest BCUT2D eigenvalue weighted by Gasteiger charge is 1.99. The molecule has 0 aromatic carbocycles. The van der Waals surface area contributed by atoms with E-state index in [-0.39, 0.29) is 6.61 Å². The Morgan fingerprint density at radius 3 is 3.12 bits per heavy atom. The molecule has 1 aromatic heterocycles. The van der Waals surface area contributed by atoms with E-state index in [0.717, 1.165) is 38.4 Å². The zero-order valence-electron chi connectivity index (χ0n) is 10.4. The third-order valence-electron chi connectivity index (χ3n) is 2.28. The molecule has 0 aliphatic carbocycles. The molecule has 0 spiro atoms. The summed E-state index contributed by atoms with van der Waals surface area (Å²) in [5.74, 6) is 0. The smallest absolute Gasteiger partial charge is 0.0964 e. The molecule has 0 aliphatic rings. The minimum absolute atomic E-state index is 0.185. The van der Waals surface area contributed by atoms with E-state index < -0.39 is 0 Å². The highest BCUT2D eigenvalue weighted by atomic mass is 16.5. The summed E-state index contributed by atoms with van der Waals surface area (Å²) in [4.78, 5) is 0. The van der Waals surface area contributed by atoms with Crippen molar-refractivity contribution in [3.05, 3.63) is 11.9 Å². The number of hydrogen-bond acceptors (Lipinski definition) is 5. The molecule has 0 fully saturated rings. The molecule has 0 aliphatic heterocycles. The fraction of sp³-hybridized carbons (Fsp3) is 0.818.